The average molecular weight is 483 g/mol. The van der Waals surface area contributed by atoms with Crippen LogP contribution in [0, 0.1) is 0 Å². The van der Waals surface area contributed by atoms with Crippen LogP contribution in [0.1, 0.15) is 52.7 Å². The van der Waals surface area contributed by atoms with Crippen LogP contribution in [0.4, 0.5) is 0 Å². The van der Waals surface area contributed by atoms with Crippen molar-refractivity contribution < 1.29 is 23.5 Å². The zero-order chi connectivity index (χ0) is 23.9. The van der Waals surface area contributed by atoms with Crippen LogP contribution >= 0.6 is 11.3 Å². The maximum absolute atomic E-state index is 13.5. The molecule has 0 spiro atoms. The zero-order valence-corrected chi connectivity index (χ0v) is 20.3. The van der Waals surface area contributed by atoms with Crippen LogP contribution in [0.3, 0.4) is 0 Å². The van der Waals surface area contributed by atoms with Crippen molar-refractivity contribution in [2.24, 2.45) is 0 Å². The molecule has 0 aliphatic heterocycles. The molecule has 2 heterocycles. The average Bonchev–Trinajstić information content (AvgIpc) is 3.64. The molecule has 2 aromatic heterocycles. The lowest BCUT2D eigenvalue weighted by molar-refractivity contribution is -0.126. The van der Waals surface area contributed by atoms with Crippen LogP contribution in [0.2, 0.25) is 0 Å². The third-order valence-corrected chi connectivity index (χ3v) is 7.08. The molecule has 0 bridgehead atoms. The first-order valence-corrected chi connectivity index (χ1v) is 12.4. The summed E-state index contributed by atoms with van der Waals surface area (Å²) in [7, 11) is 3.18. The summed E-state index contributed by atoms with van der Waals surface area (Å²) in [5.41, 5.74) is 0.969. The Morgan fingerprint density at radius 3 is 2.56 bits per heavy atom. The number of carbonyl (C=O) groups is 2. The molecule has 1 fully saturated rings. The van der Waals surface area contributed by atoms with Gasteiger partial charge in [0, 0.05) is 17.5 Å². The lowest BCUT2D eigenvalue weighted by Gasteiger charge is -2.31. The first kappa shape index (κ1) is 23.9. The Hall–Kier alpha value is -3.26. The Kier molecular flexibility index (Phi) is 7.90. The van der Waals surface area contributed by atoms with Crippen molar-refractivity contribution in [1.29, 1.82) is 0 Å². The summed E-state index contributed by atoms with van der Waals surface area (Å²) < 4.78 is 16.2. The van der Waals surface area contributed by atoms with Gasteiger partial charge < -0.3 is 24.1 Å². The van der Waals surface area contributed by atoms with Crippen LogP contribution in [0.5, 0.6) is 11.5 Å². The van der Waals surface area contributed by atoms with Crippen molar-refractivity contribution in [3.63, 3.8) is 0 Å². The number of hydrogen-bond donors (Lipinski definition) is 1. The van der Waals surface area contributed by atoms with E-state index in [9.17, 15) is 9.59 Å². The van der Waals surface area contributed by atoms with Crippen LogP contribution in [0.25, 0.3) is 0 Å². The molecule has 7 nitrogen and oxygen atoms in total. The van der Waals surface area contributed by atoms with Crippen molar-refractivity contribution in [1.82, 2.24) is 10.2 Å². The van der Waals surface area contributed by atoms with E-state index >= 15 is 0 Å². The maximum Gasteiger partial charge on any atom is 0.290 e. The third-order valence-electron chi connectivity index (χ3n) is 6.16. The molecule has 180 valence electrons. The predicted octanol–water partition coefficient (Wildman–Crippen LogP) is 4.84. The van der Waals surface area contributed by atoms with Gasteiger partial charge >= 0.3 is 0 Å². The Balaban J connectivity index is 1.63. The molecule has 34 heavy (non-hydrogen) atoms. The second-order valence-corrected chi connectivity index (χ2v) is 9.30. The summed E-state index contributed by atoms with van der Waals surface area (Å²) in [6, 6.07) is 12.2. The molecule has 1 atom stereocenters. The molecular formula is C26H30N2O5S. The molecule has 1 aromatic carbocycles. The van der Waals surface area contributed by atoms with Crippen molar-refractivity contribution in [2.75, 3.05) is 20.8 Å². The number of methoxy groups -OCH3 is 2. The highest BCUT2D eigenvalue weighted by atomic mass is 32.1. The van der Waals surface area contributed by atoms with Crippen molar-refractivity contribution in [2.45, 2.75) is 44.2 Å². The van der Waals surface area contributed by atoms with Gasteiger partial charge in [-0.1, -0.05) is 25.0 Å². The SMILES string of the molecule is COc1ccc(CCN(C(=O)c2ccco2)[C@@H](C(=O)NC2CCCC2)c2cccs2)cc1OC. The monoisotopic (exact) mass is 482 g/mol. The van der Waals surface area contributed by atoms with Crippen LogP contribution in [-0.2, 0) is 11.2 Å². The highest BCUT2D eigenvalue weighted by Gasteiger charge is 2.35. The molecule has 0 radical (unpaired) electrons. The maximum atomic E-state index is 13.5. The van der Waals surface area contributed by atoms with Gasteiger partial charge in [0.15, 0.2) is 17.3 Å². The Bertz CT molecular complexity index is 1070. The van der Waals surface area contributed by atoms with Gasteiger partial charge in [0.05, 0.1) is 20.5 Å². The number of nitrogens with zero attached hydrogens (tertiary/aromatic N) is 1. The minimum absolute atomic E-state index is 0.151. The quantitative estimate of drug-likeness (QED) is 0.447. The third kappa shape index (κ3) is 5.44. The van der Waals surface area contributed by atoms with E-state index in [-0.39, 0.29) is 23.6 Å². The molecule has 1 aliphatic rings. The molecule has 1 saturated carbocycles. The van der Waals surface area contributed by atoms with Gasteiger partial charge in [-0.3, -0.25) is 9.59 Å². The number of hydrogen-bond acceptors (Lipinski definition) is 6. The second-order valence-electron chi connectivity index (χ2n) is 8.32. The van der Waals surface area contributed by atoms with E-state index in [2.05, 4.69) is 5.32 Å². The largest absolute Gasteiger partial charge is 0.493 e. The zero-order valence-electron chi connectivity index (χ0n) is 19.5. The van der Waals surface area contributed by atoms with E-state index in [0.717, 1.165) is 36.1 Å². The topological polar surface area (TPSA) is 81.0 Å². The first-order chi connectivity index (χ1) is 16.6. The summed E-state index contributed by atoms with van der Waals surface area (Å²) >= 11 is 1.47. The van der Waals surface area contributed by atoms with Crippen molar-refractivity contribution in [3.8, 4) is 11.5 Å². The normalized spacial score (nSPS) is 14.5. The Morgan fingerprint density at radius 2 is 1.91 bits per heavy atom. The fourth-order valence-corrected chi connectivity index (χ4v) is 5.23. The molecule has 0 saturated heterocycles. The van der Waals surface area contributed by atoms with E-state index in [0.29, 0.717) is 24.5 Å². The van der Waals surface area contributed by atoms with Gasteiger partial charge in [0.2, 0.25) is 5.91 Å². The van der Waals surface area contributed by atoms with Crippen LogP contribution < -0.4 is 14.8 Å². The molecule has 1 aliphatic carbocycles. The summed E-state index contributed by atoms with van der Waals surface area (Å²) in [5.74, 6) is 1.01. The highest BCUT2D eigenvalue weighted by Crippen LogP contribution is 2.31. The molecule has 8 heteroatoms. The summed E-state index contributed by atoms with van der Waals surface area (Å²) in [6.45, 7) is 0.329. The van der Waals surface area contributed by atoms with E-state index < -0.39 is 6.04 Å². The lowest BCUT2D eigenvalue weighted by Crippen LogP contribution is -2.46. The Labute approximate surface area is 203 Å². The molecule has 4 rings (SSSR count). The minimum atomic E-state index is -0.738. The fraction of sp³-hybridized carbons (Fsp3) is 0.385. The summed E-state index contributed by atoms with van der Waals surface area (Å²) in [5, 5.41) is 5.11. The van der Waals surface area contributed by atoms with Crippen LogP contribution in [-0.4, -0.2) is 43.5 Å². The number of amides is 2. The number of benzene rings is 1. The number of carbonyl (C=O) groups excluding carboxylic acids is 2. The second kappa shape index (κ2) is 11.2. The van der Waals surface area contributed by atoms with E-state index in [1.54, 1.807) is 31.3 Å². The molecule has 3 aromatic rings. The standard InChI is InChI=1S/C26H30N2O5S/c1-31-20-12-11-18(17-22(20)32-2)13-14-28(26(30)21-9-5-15-33-21)24(23-10-6-16-34-23)25(29)27-19-7-3-4-8-19/h5-6,9-12,15-17,19,24H,3-4,7-8,13-14H2,1-2H3,(H,27,29)/t24-/m1/s1. The van der Waals surface area contributed by atoms with Crippen molar-refractivity contribution >= 4 is 23.2 Å². The molecular weight excluding hydrogens is 452 g/mol. The van der Waals surface area contributed by atoms with Gasteiger partial charge in [-0.15, -0.1) is 11.3 Å². The number of nitrogens with one attached hydrogen (secondary N) is 1. The van der Waals surface area contributed by atoms with E-state index in [1.807, 2.05) is 35.7 Å². The van der Waals surface area contributed by atoms with Gasteiger partial charge in [0.25, 0.3) is 5.91 Å². The van der Waals surface area contributed by atoms with Gasteiger partial charge in [-0.25, -0.2) is 0 Å². The summed E-state index contributed by atoms with van der Waals surface area (Å²) in [6.07, 6.45) is 6.18. The van der Waals surface area contributed by atoms with E-state index in [4.69, 9.17) is 13.9 Å². The fourth-order valence-electron chi connectivity index (χ4n) is 4.40. The van der Waals surface area contributed by atoms with Gasteiger partial charge in [-0.05, 0) is 60.5 Å². The van der Waals surface area contributed by atoms with Crippen LogP contribution in [0.15, 0.2) is 58.5 Å². The van der Waals surface area contributed by atoms with Crippen molar-refractivity contribution in [3.05, 3.63) is 70.3 Å². The number of thiophene rings is 1. The number of furan rings is 1. The predicted molar refractivity (Wildman–Crippen MR) is 130 cm³/mol. The molecule has 1 N–H and O–H groups in total. The molecule has 2 amide bonds. The van der Waals surface area contributed by atoms with Gasteiger partial charge in [-0.2, -0.15) is 0 Å². The Morgan fingerprint density at radius 1 is 1.12 bits per heavy atom. The first-order valence-electron chi connectivity index (χ1n) is 11.5. The smallest absolute Gasteiger partial charge is 0.290 e. The number of ether oxygens (including phenoxy) is 2. The molecule has 0 unspecified atom stereocenters. The highest BCUT2D eigenvalue weighted by molar-refractivity contribution is 7.10. The van der Waals surface area contributed by atoms with E-state index in [1.165, 1.54) is 17.6 Å². The summed E-state index contributed by atoms with van der Waals surface area (Å²) in [4.78, 5) is 29.5. The lowest BCUT2D eigenvalue weighted by atomic mass is 10.1. The minimum Gasteiger partial charge on any atom is -0.493 e. The number of rotatable bonds is 10. The van der Waals surface area contributed by atoms with Gasteiger partial charge in [0.1, 0.15) is 6.04 Å².